The number of carbonyl (C=O) groups excluding carboxylic acids is 1. The lowest BCUT2D eigenvalue weighted by Gasteiger charge is -2.20. The summed E-state index contributed by atoms with van der Waals surface area (Å²) in [7, 11) is 0. The Morgan fingerprint density at radius 3 is 2.82 bits per heavy atom. The quantitative estimate of drug-likeness (QED) is 0.816. The van der Waals surface area contributed by atoms with Gasteiger partial charge in [-0.05, 0) is 55.6 Å². The summed E-state index contributed by atoms with van der Waals surface area (Å²) in [6.45, 7) is 8.09. The van der Waals surface area contributed by atoms with Crippen LogP contribution in [0.2, 0.25) is 0 Å². The van der Waals surface area contributed by atoms with Crippen LogP contribution < -0.4 is 15.5 Å². The van der Waals surface area contributed by atoms with Gasteiger partial charge in [0.05, 0.1) is 0 Å². The third-order valence-corrected chi connectivity index (χ3v) is 4.08. The van der Waals surface area contributed by atoms with E-state index in [1.165, 1.54) is 0 Å². The maximum atomic E-state index is 11.9. The summed E-state index contributed by atoms with van der Waals surface area (Å²) in [5.74, 6) is 0.861. The summed E-state index contributed by atoms with van der Waals surface area (Å²) >= 11 is 5.32. The van der Waals surface area contributed by atoms with Crippen LogP contribution in [0, 0.1) is 12.8 Å². The number of nitrogens with zero attached hydrogens (tertiary/aromatic N) is 1. The van der Waals surface area contributed by atoms with Crippen molar-refractivity contribution in [2.24, 2.45) is 5.92 Å². The van der Waals surface area contributed by atoms with Gasteiger partial charge in [0.25, 0.3) is 0 Å². The van der Waals surface area contributed by atoms with Crippen LogP contribution in [0.4, 0.5) is 11.4 Å². The molecule has 1 aromatic carbocycles. The van der Waals surface area contributed by atoms with Crippen LogP contribution in [0.5, 0.6) is 0 Å². The largest absolute Gasteiger partial charge is 0.362 e. The number of thiocarbonyl (C=S) groups is 1. The monoisotopic (exact) mass is 319 g/mol. The molecular weight excluding hydrogens is 294 g/mol. The van der Waals surface area contributed by atoms with Crippen LogP contribution >= 0.6 is 12.2 Å². The molecule has 0 aliphatic carbocycles. The van der Waals surface area contributed by atoms with Crippen molar-refractivity contribution in [3.8, 4) is 0 Å². The van der Waals surface area contributed by atoms with Crippen LogP contribution in [0.25, 0.3) is 0 Å². The highest BCUT2D eigenvalue weighted by Crippen LogP contribution is 2.28. The standard InChI is InChI=1S/C17H25N3OS/c1-12(2)8-9-18-17(22)19-14-7-6-13(3)15(11-14)20-10-4-5-16(20)21/h6-7,11-12H,4-5,8-10H2,1-3H3,(H2,18,19,22). The summed E-state index contributed by atoms with van der Waals surface area (Å²) in [5.41, 5.74) is 3.01. The molecule has 0 bridgehead atoms. The molecule has 120 valence electrons. The van der Waals surface area contributed by atoms with Gasteiger partial charge in [-0.1, -0.05) is 19.9 Å². The van der Waals surface area contributed by atoms with Crippen molar-refractivity contribution in [1.82, 2.24) is 5.32 Å². The lowest BCUT2D eigenvalue weighted by Crippen LogP contribution is -2.30. The van der Waals surface area contributed by atoms with E-state index in [2.05, 4.69) is 24.5 Å². The van der Waals surface area contributed by atoms with Gasteiger partial charge in [0, 0.05) is 30.9 Å². The number of aryl methyl sites for hydroxylation is 1. The molecule has 0 aromatic heterocycles. The topological polar surface area (TPSA) is 44.4 Å². The number of carbonyl (C=O) groups is 1. The normalized spacial score (nSPS) is 14.5. The Balaban J connectivity index is 2.00. The smallest absolute Gasteiger partial charge is 0.227 e. The number of hydrogen-bond donors (Lipinski definition) is 2. The van der Waals surface area contributed by atoms with Crippen LogP contribution in [-0.4, -0.2) is 24.1 Å². The lowest BCUT2D eigenvalue weighted by atomic mass is 10.1. The van der Waals surface area contributed by atoms with Gasteiger partial charge in [0.2, 0.25) is 5.91 Å². The van der Waals surface area contributed by atoms with E-state index < -0.39 is 0 Å². The highest BCUT2D eigenvalue weighted by atomic mass is 32.1. The maximum Gasteiger partial charge on any atom is 0.227 e. The molecule has 1 amide bonds. The van der Waals surface area contributed by atoms with Crippen molar-refractivity contribution in [2.45, 2.75) is 40.0 Å². The van der Waals surface area contributed by atoms with Crippen molar-refractivity contribution in [2.75, 3.05) is 23.3 Å². The molecule has 1 aromatic rings. The molecule has 5 heteroatoms. The third kappa shape index (κ3) is 4.44. The Kier molecular flexibility index (Phi) is 5.77. The fourth-order valence-corrected chi connectivity index (χ4v) is 2.75. The molecule has 0 radical (unpaired) electrons. The van der Waals surface area contributed by atoms with Gasteiger partial charge in [-0.3, -0.25) is 4.79 Å². The van der Waals surface area contributed by atoms with E-state index in [9.17, 15) is 4.79 Å². The molecular formula is C17H25N3OS. The molecule has 2 N–H and O–H groups in total. The highest BCUT2D eigenvalue weighted by Gasteiger charge is 2.23. The Morgan fingerprint density at radius 1 is 1.41 bits per heavy atom. The summed E-state index contributed by atoms with van der Waals surface area (Å²) < 4.78 is 0. The van der Waals surface area contributed by atoms with E-state index in [1.54, 1.807) is 0 Å². The second-order valence-corrected chi connectivity index (χ2v) is 6.62. The summed E-state index contributed by atoms with van der Waals surface area (Å²) in [6, 6.07) is 6.03. The first kappa shape index (κ1) is 16.7. The molecule has 0 spiro atoms. The molecule has 4 nitrogen and oxygen atoms in total. The molecule has 0 saturated carbocycles. The SMILES string of the molecule is Cc1ccc(NC(=S)NCCC(C)C)cc1N1CCCC1=O. The molecule has 2 rings (SSSR count). The summed E-state index contributed by atoms with van der Waals surface area (Å²) in [5, 5.41) is 7.05. The third-order valence-electron chi connectivity index (χ3n) is 3.84. The molecule has 0 unspecified atom stereocenters. The zero-order valence-corrected chi connectivity index (χ0v) is 14.4. The number of anilines is 2. The fourth-order valence-electron chi connectivity index (χ4n) is 2.53. The Morgan fingerprint density at radius 2 is 2.18 bits per heavy atom. The van der Waals surface area contributed by atoms with Gasteiger partial charge in [-0.2, -0.15) is 0 Å². The maximum absolute atomic E-state index is 11.9. The van der Waals surface area contributed by atoms with Crippen molar-refractivity contribution in [1.29, 1.82) is 0 Å². The molecule has 1 aliphatic heterocycles. The predicted molar refractivity (Wildman–Crippen MR) is 96.4 cm³/mol. The van der Waals surface area contributed by atoms with Crippen LogP contribution in [-0.2, 0) is 4.79 Å². The van der Waals surface area contributed by atoms with Crippen molar-refractivity contribution in [3.05, 3.63) is 23.8 Å². The van der Waals surface area contributed by atoms with E-state index in [1.807, 2.05) is 30.0 Å². The molecule has 1 aliphatic rings. The van der Waals surface area contributed by atoms with Crippen molar-refractivity contribution >= 4 is 34.6 Å². The minimum Gasteiger partial charge on any atom is -0.362 e. The number of hydrogen-bond acceptors (Lipinski definition) is 2. The molecule has 0 atom stereocenters. The van der Waals surface area contributed by atoms with Crippen LogP contribution in [0.15, 0.2) is 18.2 Å². The average Bonchev–Trinajstić information content (AvgIpc) is 2.86. The van der Waals surface area contributed by atoms with Gasteiger partial charge in [-0.15, -0.1) is 0 Å². The lowest BCUT2D eigenvalue weighted by molar-refractivity contribution is -0.117. The first-order valence-corrected chi connectivity index (χ1v) is 8.34. The Labute approximate surface area is 138 Å². The van der Waals surface area contributed by atoms with E-state index in [0.717, 1.165) is 42.9 Å². The van der Waals surface area contributed by atoms with Crippen LogP contribution in [0.1, 0.15) is 38.7 Å². The van der Waals surface area contributed by atoms with E-state index in [0.29, 0.717) is 17.5 Å². The average molecular weight is 319 g/mol. The fraction of sp³-hybridized carbons (Fsp3) is 0.529. The van der Waals surface area contributed by atoms with Gasteiger partial charge in [0.1, 0.15) is 0 Å². The number of nitrogens with one attached hydrogen (secondary N) is 2. The molecule has 1 saturated heterocycles. The highest BCUT2D eigenvalue weighted by molar-refractivity contribution is 7.80. The van der Waals surface area contributed by atoms with Gasteiger partial charge in [0.15, 0.2) is 5.11 Å². The minimum absolute atomic E-state index is 0.206. The van der Waals surface area contributed by atoms with Crippen molar-refractivity contribution < 1.29 is 4.79 Å². The van der Waals surface area contributed by atoms with Gasteiger partial charge < -0.3 is 15.5 Å². The zero-order chi connectivity index (χ0) is 16.1. The van der Waals surface area contributed by atoms with Crippen LogP contribution in [0.3, 0.4) is 0 Å². The van der Waals surface area contributed by atoms with E-state index in [4.69, 9.17) is 12.2 Å². The Bertz CT molecular complexity index is 557. The predicted octanol–water partition coefficient (Wildman–Crippen LogP) is 3.45. The number of benzene rings is 1. The second-order valence-electron chi connectivity index (χ2n) is 6.21. The Hall–Kier alpha value is -1.62. The summed E-state index contributed by atoms with van der Waals surface area (Å²) in [6.07, 6.45) is 2.67. The minimum atomic E-state index is 0.206. The van der Waals surface area contributed by atoms with E-state index >= 15 is 0 Å². The van der Waals surface area contributed by atoms with Crippen molar-refractivity contribution in [3.63, 3.8) is 0 Å². The first-order valence-electron chi connectivity index (χ1n) is 7.93. The van der Waals surface area contributed by atoms with Gasteiger partial charge >= 0.3 is 0 Å². The van der Waals surface area contributed by atoms with E-state index in [-0.39, 0.29) is 5.91 Å². The zero-order valence-electron chi connectivity index (χ0n) is 13.6. The molecule has 22 heavy (non-hydrogen) atoms. The number of rotatable bonds is 5. The second kappa shape index (κ2) is 7.58. The van der Waals surface area contributed by atoms with Gasteiger partial charge in [-0.25, -0.2) is 0 Å². The molecule has 1 heterocycles. The number of amides is 1. The molecule has 1 fully saturated rings. The first-order chi connectivity index (χ1) is 10.5. The summed E-state index contributed by atoms with van der Waals surface area (Å²) in [4.78, 5) is 13.8.